The molecule has 2 nitrogen and oxygen atoms in total. The molecule has 1 rings (SSSR count). The summed E-state index contributed by atoms with van der Waals surface area (Å²) in [7, 11) is 1.77. The number of ether oxygens (including phenoxy) is 1. The zero-order valence-electron chi connectivity index (χ0n) is 13.1. The van der Waals surface area contributed by atoms with Crippen LogP contribution in [0.15, 0.2) is 24.3 Å². The minimum Gasteiger partial charge on any atom is -0.385 e. The molecule has 0 amide bonds. The highest BCUT2D eigenvalue weighted by atomic mass is 16.5. The Kier molecular flexibility index (Phi) is 6.53. The molecule has 0 saturated carbocycles. The summed E-state index contributed by atoms with van der Waals surface area (Å²) in [5.41, 5.74) is 3.07. The molecule has 0 radical (unpaired) electrons. The molecule has 1 unspecified atom stereocenters. The van der Waals surface area contributed by atoms with Gasteiger partial charge in [-0.15, -0.1) is 0 Å². The maximum Gasteiger partial charge on any atom is 0.0462 e. The van der Waals surface area contributed by atoms with Gasteiger partial charge in [-0.1, -0.05) is 52.0 Å². The largest absolute Gasteiger partial charge is 0.385 e. The lowest BCUT2D eigenvalue weighted by molar-refractivity contribution is 0.188. The molecule has 1 N–H and O–H groups in total. The van der Waals surface area contributed by atoms with Crippen molar-refractivity contribution >= 4 is 0 Å². The first-order valence-corrected chi connectivity index (χ1v) is 7.32. The van der Waals surface area contributed by atoms with Crippen molar-refractivity contribution in [1.82, 2.24) is 5.32 Å². The first-order chi connectivity index (χ1) is 9.00. The predicted octanol–water partition coefficient (Wildman–Crippen LogP) is 4.06. The highest BCUT2D eigenvalue weighted by molar-refractivity contribution is 5.35. The Morgan fingerprint density at radius 2 is 1.89 bits per heavy atom. The molecule has 0 aromatic heterocycles. The molecule has 0 aliphatic carbocycles. The zero-order valence-corrected chi connectivity index (χ0v) is 13.1. The van der Waals surface area contributed by atoms with E-state index in [1.807, 2.05) is 0 Å². The fourth-order valence-corrected chi connectivity index (χ4v) is 2.53. The monoisotopic (exact) mass is 263 g/mol. The number of methoxy groups -OCH3 is 1. The van der Waals surface area contributed by atoms with Crippen LogP contribution in [0.5, 0.6) is 0 Å². The molecule has 1 aromatic rings. The summed E-state index contributed by atoms with van der Waals surface area (Å²) < 4.78 is 5.18. The van der Waals surface area contributed by atoms with E-state index >= 15 is 0 Å². The van der Waals surface area contributed by atoms with Gasteiger partial charge < -0.3 is 10.1 Å². The van der Waals surface area contributed by atoms with Crippen LogP contribution in [0.4, 0.5) is 0 Å². The SMILES string of the molecule is CCNC(CCCOC)c1ccccc1C(C)(C)C. The van der Waals surface area contributed by atoms with Crippen molar-refractivity contribution in [2.45, 2.75) is 52.0 Å². The van der Waals surface area contributed by atoms with E-state index in [0.29, 0.717) is 6.04 Å². The smallest absolute Gasteiger partial charge is 0.0462 e. The topological polar surface area (TPSA) is 21.3 Å². The highest BCUT2D eigenvalue weighted by Crippen LogP contribution is 2.31. The van der Waals surface area contributed by atoms with Gasteiger partial charge >= 0.3 is 0 Å². The summed E-state index contributed by atoms with van der Waals surface area (Å²) in [6, 6.07) is 9.24. The Morgan fingerprint density at radius 3 is 2.47 bits per heavy atom. The lowest BCUT2D eigenvalue weighted by atomic mass is 9.81. The van der Waals surface area contributed by atoms with E-state index < -0.39 is 0 Å². The Balaban J connectivity index is 2.95. The third-order valence-corrected chi connectivity index (χ3v) is 3.44. The van der Waals surface area contributed by atoms with E-state index in [4.69, 9.17) is 4.74 Å². The Bertz CT molecular complexity index is 368. The molecule has 108 valence electrons. The summed E-state index contributed by atoms with van der Waals surface area (Å²) in [5.74, 6) is 0. The van der Waals surface area contributed by atoms with Crippen LogP contribution >= 0.6 is 0 Å². The maximum atomic E-state index is 5.18. The number of rotatable bonds is 7. The van der Waals surface area contributed by atoms with Crippen LogP contribution in [0, 0.1) is 0 Å². The summed E-state index contributed by atoms with van der Waals surface area (Å²) in [6.45, 7) is 10.8. The first kappa shape index (κ1) is 16.2. The predicted molar refractivity (Wildman–Crippen MR) is 82.7 cm³/mol. The van der Waals surface area contributed by atoms with Gasteiger partial charge in [-0.05, 0) is 35.9 Å². The van der Waals surface area contributed by atoms with E-state index in [9.17, 15) is 0 Å². The van der Waals surface area contributed by atoms with Gasteiger partial charge in [0.2, 0.25) is 0 Å². The van der Waals surface area contributed by atoms with Crippen LogP contribution in [0.2, 0.25) is 0 Å². The summed E-state index contributed by atoms with van der Waals surface area (Å²) in [6.07, 6.45) is 2.21. The maximum absolute atomic E-state index is 5.18. The standard InChI is InChI=1S/C17H29NO/c1-6-18-16(12-9-13-19-5)14-10-7-8-11-15(14)17(2,3)4/h7-8,10-11,16,18H,6,9,12-13H2,1-5H3. The van der Waals surface area contributed by atoms with Crippen molar-refractivity contribution < 1.29 is 4.74 Å². The summed E-state index contributed by atoms with van der Waals surface area (Å²) >= 11 is 0. The third-order valence-electron chi connectivity index (χ3n) is 3.44. The number of nitrogens with one attached hydrogen (secondary N) is 1. The Labute approximate surface area is 118 Å². The van der Waals surface area contributed by atoms with Crippen molar-refractivity contribution in [2.24, 2.45) is 0 Å². The van der Waals surface area contributed by atoms with Crippen LogP contribution < -0.4 is 5.32 Å². The average molecular weight is 263 g/mol. The second kappa shape index (κ2) is 7.66. The first-order valence-electron chi connectivity index (χ1n) is 7.32. The number of benzene rings is 1. The molecular weight excluding hydrogens is 234 g/mol. The van der Waals surface area contributed by atoms with Gasteiger partial charge in [0.25, 0.3) is 0 Å². The zero-order chi connectivity index (χ0) is 14.3. The van der Waals surface area contributed by atoms with Crippen LogP contribution in [0.3, 0.4) is 0 Å². The van der Waals surface area contributed by atoms with E-state index in [1.54, 1.807) is 7.11 Å². The molecule has 0 aliphatic heterocycles. The van der Waals surface area contributed by atoms with Gasteiger partial charge in [0.15, 0.2) is 0 Å². The quantitative estimate of drug-likeness (QED) is 0.749. The van der Waals surface area contributed by atoms with Crippen LogP contribution in [-0.4, -0.2) is 20.3 Å². The van der Waals surface area contributed by atoms with E-state index in [1.165, 1.54) is 11.1 Å². The number of hydrogen-bond acceptors (Lipinski definition) is 2. The normalized spacial score (nSPS) is 13.5. The lowest BCUT2D eigenvalue weighted by Crippen LogP contribution is -2.25. The van der Waals surface area contributed by atoms with E-state index in [-0.39, 0.29) is 5.41 Å². The van der Waals surface area contributed by atoms with E-state index in [0.717, 1.165) is 26.0 Å². The molecule has 0 spiro atoms. The van der Waals surface area contributed by atoms with Crippen LogP contribution in [0.25, 0.3) is 0 Å². The molecule has 0 saturated heterocycles. The Hall–Kier alpha value is -0.860. The van der Waals surface area contributed by atoms with Crippen molar-refractivity contribution in [1.29, 1.82) is 0 Å². The summed E-state index contributed by atoms with van der Waals surface area (Å²) in [4.78, 5) is 0. The van der Waals surface area contributed by atoms with Crippen LogP contribution in [0.1, 0.15) is 57.7 Å². The average Bonchev–Trinajstić information content (AvgIpc) is 2.37. The van der Waals surface area contributed by atoms with Gasteiger partial charge in [-0.25, -0.2) is 0 Å². The molecule has 0 aliphatic rings. The number of hydrogen-bond donors (Lipinski definition) is 1. The van der Waals surface area contributed by atoms with Gasteiger partial charge in [-0.2, -0.15) is 0 Å². The van der Waals surface area contributed by atoms with Gasteiger partial charge in [-0.3, -0.25) is 0 Å². The minimum atomic E-state index is 0.186. The molecule has 0 bridgehead atoms. The van der Waals surface area contributed by atoms with Crippen LogP contribution in [-0.2, 0) is 10.2 Å². The molecule has 19 heavy (non-hydrogen) atoms. The fraction of sp³-hybridized carbons (Fsp3) is 0.647. The summed E-state index contributed by atoms with van der Waals surface area (Å²) in [5, 5.41) is 3.61. The molecule has 1 aromatic carbocycles. The lowest BCUT2D eigenvalue weighted by Gasteiger charge is -2.28. The van der Waals surface area contributed by atoms with Crippen molar-refractivity contribution in [3.63, 3.8) is 0 Å². The van der Waals surface area contributed by atoms with Crippen molar-refractivity contribution in [3.05, 3.63) is 35.4 Å². The van der Waals surface area contributed by atoms with E-state index in [2.05, 4.69) is 57.3 Å². The van der Waals surface area contributed by atoms with Crippen molar-refractivity contribution in [2.75, 3.05) is 20.3 Å². The molecule has 0 fully saturated rings. The highest BCUT2D eigenvalue weighted by Gasteiger charge is 2.21. The Morgan fingerprint density at radius 1 is 1.21 bits per heavy atom. The second-order valence-electron chi connectivity index (χ2n) is 6.08. The molecule has 2 heteroatoms. The molecule has 0 heterocycles. The molecular formula is C17H29NO. The van der Waals surface area contributed by atoms with Gasteiger partial charge in [0, 0.05) is 19.8 Å². The van der Waals surface area contributed by atoms with Crippen molar-refractivity contribution in [3.8, 4) is 0 Å². The fourth-order valence-electron chi connectivity index (χ4n) is 2.53. The van der Waals surface area contributed by atoms with Gasteiger partial charge in [0.1, 0.15) is 0 Å². The second-order valence-corrected chi connectivity index (χ2v) is 6.08. The minimum absolute atomic E-state index is 0.186. The molecule has 1 atom stereocenters. The third kappa shape index (κ3) is 4.96. The van der Waals surface area contributed by atoms with Gasteiger partial charge in [0.05, 0.1) is 0 Å².